The molecule has 1 saturated carbocycles. The van der Waals surface area contributed by atoms with Gasteiger partial charge in [-0.05, 0) is 46.7 Å². The topological polar surface area (TPSA) is 61.8 Å². The Labute approximate surface area is 109 Å². The molecule has 18 heavy (non-hydrogen) atoms. The first kappa shape index (κ1) is 15.4. The number of aliphatic carboxylic acids is 1. The van der Waals surface area contributed by atoms with Gasteiger partial charge in [0.2, 0.25) is 0 Å². The van der Waals surface area contributed by atoms with Crippen molar-refractivity contribution in [1.82, 2.24) is 10.2 Å². The van der Waals surface area contributed by atoms with Gasteiger partial charge in [-0.2, -0.15) is 0 Å². The van der Waals surface area contributed by atoms with Crippen LogP contribution in [0.25, 0.3) is 0 Å². The van der Waals surface area contributed by atoms with Crippen LogP contribution in [-0.4, -0.2) is 60.9 Å². The summed E-state index contributed by atoms with van der Waals surface area (Å²) in [7, 11) is 2.00. The Kier molecular flexibility index (Phi) is 6.60. The lowest BCUT2D eigenvalue weighted by atomic mass is 10.2. The molecule has 0 spiro atoms. The van der Waals surface area contributed by atoms with Crippen molar-refractivity contribution in [3.8, 4) is 0 Å². The lowest BCUT2D eigenvalue weighted by Crippen LogP contribution is -2.40. The Morgan fingerprint density at radius 3 is 2.61 bits per heavy atom. The number of ether oxygens (including phenoxy) is 1. The van der Waals surface area contributed by atoms with Gasteiger partial charge < -0.3 is 20.1 Å². The number of hydrogen-bond acceptors (Lipinski definition) is 4. The standard InChI is InChI=1S/C13H26N2O3/c1-10(2)18-9-8-15(3)7-6-12(13(16)17)14-11-4-5-11/h10-12,14H,4-9H2,1-3H3,(H,16,17). The summed E-state index contributed by atoms with van der Waals surface area (Å²) in [4.78, 5) is 13.2. The molecule has 1 aliphatic rings. The molecule has 0 saturated heterocycles. The maximum Gasteiger partial charge on any atom is 0.320 e. The van der Waals surface area contributed by atoms with Crippen LogP contribution in [0.4, 0.5) is 0 Å². The van der Waals surface area contributed by atoms with E-state index in [1.54, 1.807) is 0 Å². The highest BCUT2D eigenvalue weighted by Gasteiger charge is 2.27. The fraction of sp³-hybridized carbons (Fsp3) is 0.923. The van der Waals surface area contributed by atoms with E-state index in [-0.39, 0.29) is 6.10 Å². The maximum absolute atomic E-state index is 11.1. The Morgan fingerprint density at radius 2 is 2.11 bits per heavy atom. The van der Waals surface area contributed by atoms with Crippen molar-refractivity contribution in [2.75, 3.05) is 26.7 Å². The highest BCUT2D eigenvalue weighted by Crippen LogP contribution is 2.20. The van der Waals surface area contributed by atoms with Crippen LogP contribution in [0.2, 0.25) is 0 Å². The summed E-state index contributed by atoms with van der Waals surface area (Å²) in [5, 5.41) is 12.3. The molecular weight excluding hydrogens is 232 g/mol. The Balaban J connectivity index is 2.13. The van der Waals surface area contributed by atoms with Crippen LogP contribution in [0.15, 0.2) is 0 Å². The number of nitrogens with one attached hydrogen (secondary N) is 1. The van der Waals surface area contributed by atoms with Gasteiger partial charge in [-0.3, -0.25) is 4.79 Å². The minimum absolute atomic E-state index is 0.252. The molecule has 0 aromatic rings. The highest BCUT2D eigenvalue weighted by atomic mass is 16.5. The minimum Gasteiger partial charge on any atom is -0.480 e. The second-order valence-electron chi connectivity index (χ2n) is 5.34. The van der Waals surface area contributed by atoms with Gasteiger partial charge >= 0.3 is 5.97 Å². The monoisotopic (exact) mass is 258 g/mol. The van der Waals surface area contributed by atoms with Crippen LogP contribution in [-0.2, 0) is 9.53 Å². The lowest BCUT2D eigenvalue weighted by Gasteiger charge is -2.20. The Bertz CT molecular complexity index is 255. The van der Waals surface area contributed by atoms with E-state index in [4.69, 9.17) is 9.84 Å². The van der Waals surface area contributed by atoms with Gasteiger partial charge in [0.05, 0.1) is 12.7 Å². The molecule has 5 heteroatoms. The van der Waals surface area contributed by atoms with E-state index in [2.05, 4.69) is 10.2 Å². The van der Waals surface area contributed by atoms with Gasteiger partial charge in [0.15, 0.2) is 0 Å². The molecule has 1 aliphatic carbocycles. The molecule has 1 fully saturated rings. The quantitative estimate of drug-likeness (QED) is 0.610. The van der Waals surface area contributed by atoms with Crippen molar-refractivity contribution in [3.05, 3.63) is 0 Å². The number of carbonyl (C=O) groups is 1. The van der Waals surface area contributed by atoms with Crippen LogP contribution >= 0.6 is 0 Å². The number of hydrogen-bond donors (Lipinski definition) is 2. The normalized spacial score (nSPS) is 17.4. The highest BCUT2D eigenvalue weighted by molar-refractivity contribution is 5.73. The van der Waals surface area contributed by atoms with Gasteiger partial charge in [-0.15, -0.1) is 0 Å². The largest absolute Gasteiger partial charge is 0.480 e. The van der Waals surface area contributed by atoms with Crippen LogP contribution in [0, 0.1) is 0 Å². The zero-order chi connectivity index (χ0) is 13.5. The molecule has 0 aromatic heterocycles. The van der Waals surface area contributed by atoms with Crippen LogP contribution in [0.5, 0.6) is 0 Å². The van der Waals surface area contributed by atoms with E-state index in [1.807, 2.05) is 20.9 Å². The second kappa shape index (κ2) is 7.71. The first-order valence-corrected chi connectivity index (χ1v) is 6.78. The predicted octanol–water partition coefficient (Wildman–Crippen LogP) is 0.939. The molecule has 0 radical (unpaired) electrons. The third-order valence-corrected chi connectivity index (χ3v) is 3.04. The second-order valence-corrected chi connectivity index (χ2v) is 5.34. The molecule has 1 atom stereocenters. The number of rotatable bonds is 10. The average Bonchev–Trinajstić information content (AvgIpc) is 3.07. The zero-order valence-electron chi connectivity index (χ0n) is 11.7. The molecule has 5 nitrogen and oxygen atoms in total. The fourth-order valence-corrected chi connectivity index (χ4v) is 1.72. The average molecular weight is 258 g/mol. The molecule has 2 N–H and O–H groups in total. The summed E-state index contributed by atoms with van der Waals surface area (Å²) in [6, 6.07) is 0.0200. The van der Waals surface area contributed by atoms with Gasteiger partial charge in [0.1, 0.15) is 6.04 Å². The Hall–Kier alpha value is -0.650. The lowest BCUT2D eigenvalue weighted by molar-refractivity contribution is -0.139. The van der Waals surface area contributed by atoms with E-state index in [0.717, 1.165) is 25.9 Å². The van der Waals surface area contributed by atoms with Gasteiger partial charge in [0.25, 0.3) is 0 Å². The van der Waals surface area contributed by atoms with Crippen molar-refractivity contribution >= 4 is 5.97 Å². The molecule has 0 amide bonds. The van der Waals surface area contributed by atoms with Gasteiger partial charge in [-0.1, -0.05) is 0 Å². The van der Waals surface area contributed by atoms with Gasteiger partial charge in [-0.25, -0.2) is 0 Å². The Morgan fingerprint density at radius 1 is 1.44 bits per heavy atom. The first-order valence-electron chi connectivity index (χ1n) is 6.78. The van der Waals surface area contributed by atoms with Crippen molar-refractivity contribution in [2.45, 2.75) is 51.3 Å². The van der Waals surface area contributed by atoms with E-state index in [9.17, 15) is 4.79 Å². The summed E-state index contributed by atoms with van der Waals surface area (Å²) in [5.41, 5.74) is 0. The molecule has 0 heterocycles. The number of carboxylic acids is 1. The van der Waals surface area contributed by atoms with Crippen LogP contribution in [0.1, 0.15) is 33.1 Å². The van der Waals surface area contributed by atoms with Crippen molar-refractivity contribution in [1.29, 1.82) is 0 Å². The summed E-state index contributed by atoms with van der Waals surface area (Å²) < 4.78 is 5.47. The smallest absolute Gasteiger partial charge is 0.320 e. The number of likely N-dealkylation sites (N-methyl/N-ethyl adjacent to an activating group) is 1. The summed E-state index contributed by atoms with van der Waals surface area (Å²) in [5.74, 6) is -0.742. The van der Waals surface area contributed by atoms with E-state index < -0.39 is 12.0 Å². The molecular formula is C13H26N2O3. The zero-order valence-corrected chi connectivity index (χ0v) is 11.7. The van der Waals surface area contributed by atoms with E-state index in [0.29, 0.717) is 19.1 Å². The first-order chi connectivity index (χ1) is 8.49. The number of carboxylic acid groups (broad SMARTS) is 1. The minimum atomic E-state index is -0.742. The van der Waals surface area contributed by atoms with Crippen molar-refractivity contribution in [3.63, 3.8) is 0 Å². The molecule has 1 rings (SSSR count). The predicted molar refractivity (Wildman–Crippen MR) is 70.8 cm³/mol. The van der Waals surface area contributed by atoms with Gasteiger partial charge in [0, 0.05) is 12.6 Å². The fourth-order valence-electron chi connectivity index (χ4n) is 1.72. The maximum atomic E-state index is 11.1. The molecule has 0 bridgehead atoms. The van der Waals surface area contributed by atoms with E-state index >= 15 is 0 Å². The van der Waals surface area contributed by atoms with Crippen LogP contribution in [0.3, 0.4) is 0 Å². The summed E-state index contributed by atoms with van der Waals surface area (Å²) in [6.45, 7) is 6.34. The number of nitrogens with zero attached hydrogens (tertiary/aromatic N) is 1. The third kappa shape index (κ3) is 6.93. The van der Waals surface area contributed by atoms with E-state index in [1.165, 1.54) is 0 Å². The van der Waals surface area contributed by atoms with Crippen molar-refractivity contribution < 1.29 is 14.6 Å². The summed E-state index contributed by atoms with van der Waals surface area (Å²) >= 11 is 0. The molecule has 106 valence electrons. The van der Waals surface area contributed by atoms with Crippen molar-refractivity contribution in [2.24, 2.45) is 0 Å². The third-order valence-electron chi connectivity index (χ3n) is 3.04. The molecule has 0 aliphatic heterocycles. The summed E-state index contributed by atoms with van der Waals surface area (Å²) in [6.07, 6.45) is 3.12. The van der Waals surface area contributed by atoms with Crippen LogP contribution < -0.4 is 5.32 Å². The molecule has 0 aromatic carbocycles. The SMILES string of the molecule is CC(C)OCCN(C)CCC(NC1CC1)C(=O)O. The molecule has 1 unspecified atom stereocenters.